The molecule has 1 amide bonds. The van der Waals surface area contributed by atoms with E-state index in [1.54, 1.807) is 11.0 Å². The minimum absolute atomic E-state index is 0.0552. The standard InChI is InChI=1S/C20H31N3O3S.C2HF3O2/c1-16-8-9-17(2)19(14-16)27(25,26)23(18-6-4-3-5-7-18)15-20(24)22-12-10-21-11-13-22;3-2(4,5)1(6)7/h8-9,14,18,21H,3-7,10-13,15H2,1-2H3;(H,6,7). The van der Waals surface area contributed by atoms with Crippen molar-refractivity contribution in [3.63, 3.8) is 0 Å². The first-order valence-electron chi connectivity index (χ1n) is 11.2. The first kappa shape index (κ1) is 28.1. The minimum Gasteiger partial charge on any atom is -0.475 e. The maximum atomic E-state index is 13.6. The number of nitrogens with one attached hydrogen (secondary N) is 1. The molecule has 0 radical (unpaired) electrons. The van der Waals surface area contributed by atoms with Gasteiger partial charge in [0, 0.05) is 32.2 Å². The Morgan fingerprint density at radius 3 is 2.21 bits per heavy atom. The van der Waals surface area contributed by atoms with Gasteiger partial charge in [-0.2, -0.15) is 17.5 Å². The van der Waals surface area contributed by atoms with Gasteiger partial charge in [-0.1, -0.05) is 31.4 Å². The molecule has 1 aromatic carbocycles. The zero-order chi connectivity index (χ0) is 25.5. The summed E-state index contributed by atoms with van der Waals surface area (Å²) in [6, 6.07) is 5.41. The van der Waals surface area contributed by atoms with Crippen molar-refractivity contribution in [2.75, 3.05) is 32.7 Å². The summed E-state index contributed by atoms with van der Waals surface area (Å²) in [6.07, 6.45) is -0.242. The Labute approximate surface area is 198 Å². The van der Waals surface area contributed by atoms with Crippen molar-refractivity contribution >= 4 is 21.9 Å². The van der Waals surface area contributed by atoms with E-state index in [0.717, 1.165) is 56.3 Å². The fourth-order valence-corrected chi connectivity index (χ4v) is 5.98. The Morgan fingerprint density at radius 2 is 1.68 bits per heavy atom. The molecule has 0 aromatic heterocycles. The van der Waals surface area contributed by atoms with Gasteiger partial charge in [0.15, 0.2) is 0 Å². The van der Waals surface area contributed by atoms with Crippen molar-refractivity contribution in [3.05, 3.63) is 29.3 Å². The molecular formula is C22H32F3N3O5S. The molecule has 2 N–H and O–H groups in total. The Hall–Kier alpha value is -2.18. The van der Waals surface area contributed by atoms with Crippen molar-refractivity contribution in [2.45, 2.75) is 63.1 Å². The Balaban J connectivity index is 0.000000509. The summed E-state index contributed by atoms with van der Waals surface area (Å²) < 4.78 is 60.4. The van der Waals surface area contributed by atoms with Gasteiger partial charge in [0.25, 0.3) is 0 Å². The van der Waals surface area contributed by atoms with E-state index in [1.165, 1.54) is 4.31 Å². The fraction of sp³-hybridized carbons (Fsp3) is 0.636. The van der Waals surface area contributed by atoms with Crippen LogP contribution in [0.2, 0.25) is 0 Å². The number of rotatable bonds is 5. The maximum absolute atomic E-state index is 13.6. The number of aliphatic carboxylic acids is 1. The summed E-state index contributed by atoms with van der Waals surface area (Å²) in [7, 11) is -3.72. The van der Waals surface area contributed by atoms with Gasteiger partial charge >= 0.3 is 12.1 Å². The maximum Gasteiger partial charge on any atom is 0.490 e. The smallest absolute Gasteiger partial charge is 0.475 e. The molecule has 1 saturated carbocycles. The molecule has 0 atom stereocenters. The SMILES string of the molecule is Cc1ccc(C)c(S(=O)(=O)N(CC(=O)N2CCNCC2)C2CCCCC2)c1.O=C(O)C(F)(F)F. The second kappa shape index (κ2) is 12.0. The van der Waals surface area contributed by atoms with Gasteiger partial charge in [-0.05, 0) is 43.9 Å². The molecule has 0 bridgehead atoms. The number of halogens is 3. The van der Waals surface area contributed by atoms with Gasteiger partial charge in [0.2, 0.25) is 15.9 Å². The van der Waals surface area contributed by atoms with Crippen molar-refractivity contribution in [2.24, 2.45) is 0 Å². The lowest BCUT2D eigenvalue weighted by Crippen LogP contribution is -2.52. The van der Waals surface area contributed by atoms with Crippen LogP contribution in [-0.4, -0.2) is 79.5 Å². The number of benzene rings is 1. The second-order valence-electron chi connectivity index (χ2n) is 8.54. The molecule has 1 heterocycles. The van der Waals surface area contributed by atoms with Gasteiger partial charge in [0.1, 0.15) is 0 Å². The van der Waals surface area contributed by atoms with E-state index in [2.05, 4.69) is 5.32 Å². The van der Waals surface area contributed by atoms with Gasteiger partial charge in [0.05, 0.1) is 11.4 Å². The monoisotopic (exact) mass is 507 g/mol. The normalized spacial score (nSPS) is 17.8. The van der Waals surface area contributed by atoms with E-state index >= 15 is 0 Å². The zero-order valence-corrected chi connectivity index (χ0v) is 20.2. The molecular weight excluding hydrogens is 475 g/mol. The highest BCUT2D eigenvalue weighted by Crippen LogP contribution is 2.29. The number of aryl methyl sites for hydroxylation is 2. The van der Waals surface area contributed by atoms with Crippen LogP contribution in [0.4, 0.5) is 13.2 Å². The van der Waals surface area contributed by atoms with E-state index in [9.17, 15) is 26.4 Å². The fourth-order valence-electron chi connectivity index (χ4n) is 4.04. The molecule has 8 nitrogen and oxygen atoms in total. The molecule has 2 aliphatic rings. The van der Waals surface area contributed by atoms with E-state index in [4.69, 9.17) is 9.90 Å². The lowest BCUT2D eigenvalue weighted by atomic mass is 9.95. The summed E-state index contributed by atoms with van der Waals surface area (Å²) in [5, 5.41) is 10.4. The van der Waals surface area contributed by atoms with Crippen LogP contribution < -0.4 is 5.32 Å². The zero-order valence-electron chi connectivity index (χ0n) is 19.4. The number of carboxylic acid groups (broad SMARTS) is 1. The predicted molar refractivity (Wildman–Crippen MR) is 120 cm³/mol. The Kier molecular flexibility index (Phi) is 9.89. The molecule has 1 aromatic rings. The van der Waals surface area contributed by atoms with E-state index < -0.39 is 22.2 Å². The third kappa shape index (κ3) is 7.67. The van der Waals surface area contributed by atoms with Crippen LogP contribution >= 0.6 is 0 Å². The number of carbonyl (C=O) groups is 2. The highest BCUT2D eigenvalue weighted by Gasteiger charge is 2.38. The molecule has 0 unspecified atom stereocenters. The van der Waals surface area contributed by atoms with E-state index in [1.807, 2.05) is 26.0 Å². The number of piperazine rings is 1. The first-order valence-corrected chi connectivity index (χ1v) is 12.7. The number of nitrogens with zero attached hydrogens (tertiary/aromatic N) is 2. The number of alkyl halides is 3. The van der Waals surface area contributed by atoms with Crippen LogP contribution in [0.1, 0.15) is 43.2 Å². The van der Waals surface area contributed by atoms with Crippen LogP contribution in [0.5, 0.6) is 0 Å². The summed E-state index contributed by atoms with van der Waals surface area (Å²) in [5.74, 6) is -2.84. The lowest BCUT2D eigenvalue weighted by molar-refractivity contribution is -0.192. The van der Waals surface area contributed by atoms with Crippen LogP contribution in [0.15, 0.2) is 23.1 Å². The first-order chi connectivity index (χ1) is 15.8. The van der Waals surface area contributed by atoms with Crippen molar-refractivity contribution in [1.82, 2.24) is 14.5 Å². The number of carboxylic acids is 1. The molecule has 34 heavy (non-hydrogen) atoms. The average molecular weight is 508 g/mol. The van der Waals surface area contributed by atoms with Gasteiger partial charge in [-0.3, -0.25) is 4.79 Å². The number of hydrogen-bond acceptors (Lipinski definition) is 5. The Bertz CT molecular complexity index is 957. The van der Waals surface area contributed by atoms with Crippen molar-refractivity contribution < 1.29 is 36.3 Å². The average Bonchev–Trinajstić information content (AvgIpc) is 2.79. The van der Waals surface area contributed by atoms with Gasteiger partial charge < -0.3 is 15.3 Å². The van der Waals surface area contributed by atoms with E-state index in [-0.39, 0.29) is 18.5 Å². The van der Waals surface area contributed by atoms with Crippen LogP contribution in [0, 0.1) is 13.8 Å². The summed E-state index contributed by atoms with van der Waals surface area (Å²) in [6.45, 7) is 6.47. The molecule has 1 aliphatic carbocycles. The summed E-state index contributed by atoms with van der Waals surface area (Å²) in [5.41, 5.74) is 1.65. The van der Waals surface area contributed by atoms with Crippen molar-refractivity contribution in [1.29, 1.82) is 0 Å². The molecule has 0 spiro atoms. The van der Waals surface area contributed by atoms with Crippen LogP contribution in [-0.2, 0) is 19.6 Å². The number of carbonyl (C=O) groups excluding carboxylic acids is 1. The second-order valence-corrected chi connectivity index (χ2v) is 10.4. The summed E-state index contributed by atoms with van der Waals surface area (Å²) in [4.78, 5) is 23.9. The number of amides is 1. The largest absolute Gasteiger partial charge is 0.490 e. The van der Waals surface area contributed by atoms with Crippen LogP contribution in [0.3, 0.4) is 0 Å². The van der Waals surface area contributed by atoms with Crippen molar-refractivity contribution in [3.8, 4) is 0 Å². The predicted octanol–water partition coefficient (Wildman–Crippen LogP) is 2.69. The van der Waals surface area contributed by atoms with Gasteiger partial charge in [-0.25, -0.2) is 13.2 Å². The summed E-state index contributed by atoms with van der Waals surface area (Å²) >= 11 is 0. The molecule has 12 heteroatoms. The third-order valence-corrected chi connectivity index (χ3v) is 7.96. The molecule has 2 fully saturated rings. The lowest BCUT2D eigenvalue weighted by Gasteiger charge is -2.35. The quantitative estimate of drug-likeness (QED) is 0.635. The minimum atomic E-state index is -5.08. The number of sulfonamides is 1. The molecule has 3 rings (SSSR count). The number of hydrogen-bond donors (Lipinski definition) is 2. The van der Waals surface area contributed by atoms with Gasteiger partial charge in [-0.15, -0.1) is 0 Å². The Morgan fingerprint density at radius 1 is 1.12 bits per heavy atom. The topological polar surface area (TPSA) is 107 Å². The molecule has 192 valence electrons. The highest BCUT2D eigenvalue weighted by molar-refractivity contribution is 7.89. The van der Waals surface area contributed by atoms with Crippen LogP contribution in [0.25, 0.3) is 0 Å². The third-order valence-electron chi connectivity index (χ3n) is 5.92. The molecule has 1 saturated heterocycles. The van der Waals surface area contributed by atoms with E-state index in [0.29, 0.717) is 18.0 Å². The molecule has 1 aliphatic heterocycles. The highest BCUT2D eigenvalue weighted by atomic mass is 32.2.